The van der Waals surface area contributed by atoms with Gasteiger partial charge in [0.2, 0.25) is 11.8 Å². The maximum absolute atomic E-state index is 12.6. The van der Waals surface area contributed by atoms with Gasteiger partial charge in [0.15, 0.2) is 0 Å². The molecule has 0 spiro atoms. The largest absolute Gasteiger partial charge is 0.416 e. The smallest absolute Gasteiger partial charge is 0.366 e. The van der Waals surface area contributed by atoms with E-state index in [1.165, 1.54) is 14.0 Å². The summed E-state index contributed by atoms with van der Waals surface area (Å²) in [4.78, 5) is 22.7. The fraction of sp³-hybridized carbons (Fsp3) is 0.333. The number of primary amides is 1. The van der Waals surface area contributed by atoms with Crippen LogP contribution in [0.25, 0.3) is 0 Å². The third-order valence-corrected chi connectivity index (χ3v) is 2.75. The Balaban J connectivity index is 3.35. The topological polar surface area (TPSA) is 72.2 Å². The quantitative estimate of drug-likeness (QED) is 0.879. The highest BCUT2D eigenvalue weighted by atomic mass is 19.4. The van der Waals surface area contributed by atoms with Crippen LogP contribution in [-0.4, -0.2) is 18.9 Å². The van der Waals surface area contributed by atoms with Gasteiger partial charge in [-0.15, -0.1) is 0 Å². The van der Waals surface area contributed by atoms with Gasteiger partial charge in [-0.2, -0.15) is 13.2 Å². The van der Waals surface area contributed by atoms with E-state index in [2.05, 4.69) is 5.32 Å². The third-order valence-electron chi connectivity index (χ3n) is 2.75. The van der Waals surface area contributed by atoms with Gasteiger partial charge in [-0.25, -0.2) is 0 Å². The molecule has 0 heterocycles. The van der Waals surface area contributed by atoms with E-state index in [-0.39, 0.29) is 11.1 Å². The molecule has 7 heteroatoms. The van der Waals surface area contributed by atoms with Gasteiger partial charge in [0.05, 0.1) is 11.5 Å². The minimum atomic E-state index is -4.57. The van der Waals surface area contributed by atoms with Crippen molar-refractivity contribution < 1.29 is 22.8 Å². The van der Waals surface area contributed by atoms with Crippen LogP contribution in [0.1, 0.15) is 34.3 Å². The van der Waals surface area contributed by atoms with Gasteiger partial charge in [0.25, 0.3) is 0 Å². The van der Waals surface area contributed by atoms with Crippen molar-refractivity contribution in [3.63, 3.8) is 0 Å². The van der Waals surface area contributed by atoms with Gasteiger partial charge in [-0.05, 0) is 24.6 Å². The number of nitrogens with one attached hydrogen (secondary N) is 1. The summed E-state index contributed by atoms with van der Waals surface area (Å²) in [5, 5.41) is 2.36. The molecular weight excluding hydrogens is 261 g/mol. The van der Waals surface area contributed by atoms with Crippen LogP contribution in [0.2, 0.25) is 0 Å². The van der Waals surface area contributed by atoms with Gasteiger partial charge >= 0.3 is 6.18 Å². The van der Waals surface area contributed by atoms with Crippen LogP contribution >= 0.6 is 0 Å². The van der Waals surface area contributed by atoms with Crippen LogP contribution in [0, 0.1) is 0 Å². The molecule has 19 heavy (non-hydrogen) atoms. The van der Waals surface area contributed by atoms with E-state index in [0.29, 0.717) is 6.07 Å². The van der Waals surface area contributed by atoms with Crippen molar-refractivity contribution in [1.82, 2.24) is 5.32 Å². The molecule has 0 unspecified atom stereocenters. The zero-order valence-electron chi connectivity index (χ0n) is 10.3. The molecule has 0 aromatic heterocycles. The summed E-state index contributed by atoms with van der Waals surface area (Å²) in [6.07, 6.45) is -4.57. The molecule has 1 aromatic carbocycles. The van der Waals surface area contributed by atoms with Crippen molar-refractivity contribution in [1.29, 1.82) is 0 Å². The molecule has 0 aliphatic heterocycles. The summed E-state index contributed by atoms with van der Waals surface area (Å²) < 4.78 is 37.7. The Morgan fingerprint density at radius 1 is 1.32 bits per heavy atom. The Bertz CT molecular complexity index is 512. The lowest BCUT2D eigenvalue weighted by Crippen LogP contribution is -2.26. The van der Waals surface area contributed by atoms with E-state index < -0.39 is 29.5 Å². The Hall–Kier alpha value is -2.05. The number of hydrogen-bond acceptors (Lipinski definition) is 2. The van der Waals surface area contributed by atoms with Crippen molar-refractivity contribution in [2.24, 2.45) is 5.73 Å². The third kappa shape index (κ3) is 3.24. The Kier molecular flexibility index (Phi) is 4.18. The van der Waals surface area contributed by atoms with Crippen LogP contribution in [0.3, 0.4) is 0 Å². The van der Waals surface area contributed by atoms with Gasteiger partial charge < -0.3 is 11.1 Å². The zero-order chi connectivity index (χ0) is 14.8. The Morgan fingerprint density at radius 3 is 2.32 bits per heavy atom. The maximum atomic E-state index is 12.6. The van der Waals surface area contributed by atoms with Gasteiger partial charge in [0, 0.05) is 12.6 Å². The second kappa shape index (κ2) is 5.29. The number of carbonyl (C=O) groups excluding carboxylic acids is 2. The predicted molar refractivity (Wildman–Crippen MR) is 62.4 cm³/mol. The second-order valence-corrected chi connectivity index (χ2v) is 4.00. The van der Waals surface area contributed by atoms with Crippen LogP contribution in [0.15, 0.2) is 18.2 Å². The van der Waals surface area contributed by atoms with Gasteiger partial charge in [-0.3, -0.25) is 9.59 Å². The first kappa shape index (κ1) is 15.0. The summed E-state index contributed by atoms with van der Waals surface area (Å²) in [6.45, 7) is 1.48. The molecule has 104 valence electrons. The van der Waals surface area contributed by atoms with Crippen molar-refractivity contribution in [2.75, 3.05) is 7.05 Å². The van der Waals surface area contributed by atoms with Crippen LogP contribution < -0.4 is 11.1 Å². The lowest BCUT2D eigenvalue weighted by atomic mass is 9.93. The van der Waals surface area contributed by atoms with E-state index in [1.54, 1.807) is 0 Å². The second-order valence-electron chi connectivity index (χ2n) is 4.00. The van der Waals surface area contributed by atoms with Gasteiger partial charge in [-0.1, -0.05) is 6.07 Å². The number of carbonyl (C=O) groups is 2. The summed E-state index contributed by atoms with van der Waals surface area (Å²) in [7, 11) is 1.40. The lowest BCUT2D eigenvalue weighted by Gasteiger charge is -2.16. The molecule has 3 N–H and O–H groups in total. The zero-order valence-corrected chi connectivity index (χ0v) is 10.3. The predicted octanol–water partition coefficient (Wildman–Crippen LogP) is 1.65. The number of benzene rings is 1. The Labute approximate surface area is 107 Å². The van der Waals surface area contributed by atoms with E-state index in [4.69, 9.17) is 5.73 Å². The highest BCUT2D eigenvalue weighted by Gasteiger charge is 2.32. The maximum Gasteiger partial charge on any atom is 0.416 e. The molecule has 1 atom stereocenters. The van der Waals surface area contributed by atoms with Crippen LogP contribution in [0.4, 0.5) is 13.2 Å². The fourth-order valence-corrected chi connectivity index (χ4v) is 1.68. The SMILES string of the molecule is CNC(=O)[C@@H](C)c1ccc(C(F)(F)F)cc1C(N)=O. The summed E-state index contributed by atoms with van der Waals surface area (Å²) in [5.41, 5.74) is 3.96. The average molecular weight is 274 g/mol. The number of alkyl halides is 3. The number of halogens is 3. The first-order valence-corrected chi connectivity index (χ1v) is 5.41. The fourth-order valence-electron chi connectivity index (χ4n) is 1.68. The van der Waals surface area contributed by atoms with E-state index in [1.807, 2.05) is 0 Å². The molecular formula is C12H13F3N2O2. The first-order valence-electron chi connectivity index (χ1n) is 5.41. The average Bonchev–Trinajstić information content (AvgIpc) is 2.35. The van der Waals surface area contributed by atoms with Crippen molar-refractivity contribution >= 4 is 11.8 Å². The molecule has 1 aromatic rings. The highest BCUT2D eigenvalue weighted by molar-refractivity contribution is 5.97. The Morgan fingerprint density at radius 2 is 1.89 bits per heavy atom. The van der Waals surface area contributed by atoms with E-state index in [9.17, 15) is 22.8 Å². The first-order chi connectivity index (χ1) is 8.68. The molecule has 0 fully saturated rings. The molecule has 0 saturated heterocycles. The molecule has 0 bridgehead atoms. The molecule has 4 nitrogen and oxygen atoms in total. The minimum absolute atomic E-state index is 0.167. The number of likely N-dealkylation sites (N-methyl/N-ethyl adjacent to an activating group) is 1. The van der Waals surface area contributed by atoms with E-state index in [0.717, 1.165) is 12.1 Å². The van der Waals surface area contributed by atoms with Crippen molar-refractivity contribution in [3.05, 3.63) is 34.9 Å². The normalized spacial score (nSPS) is 12.9. The number of nitrogens with two attached hydrogens (primary N) is 1. The minimum Gasteiger partial charge on any atom is -0.366 e. The molecule has 0 radical (unpaired) electrons. The van der Waals surface area contributed by atoms with Crippen molar-refractivity contribution in [2.45, 2.75) is 19.0 Å². The lowest BCUT2D eigenvalue weighted by molar-refractivity contribution is -0.137. The highest BCUT2D eigenvalue weighted by Crippen LogP contribution is 2.32. The van der Waals surface area contributed by atoms with Crippen LogP contribution in [-0.2, 0) is 11.0 Å². The summed E-state index contributed by atoms with van der Waals surface area (Å²) >= 11 is 0. The molecule has 0 aliphatic carbocycles. The molecule has 2 amide bonds. The molecule has 1 rings (SSSR count). The molecule has 0 saturated carbocycles. The standard InChI is InChI=1S/C12H13F3N2O2/c1-6(11(19)17-2)8-4-3-7(12(13,14)15)5-9(8)10(16)18/h3-6H,1-2H3,(H2,16,18)(H,17,19)/t6-/m0/s1. The number of hydrogen-bond donors (Lipinski definition) is 2. The van der Waals surface area contributed by atoms with E-state index >= 15 is 0 Å². The van der Waals surface area contributed by atoms with Crippen molar-refractivity contribution in [3.8, 4) is 0 Å². The molecule has 0 aliphatic rings. The van der Waals surface area contributed by atoms with Gasteiger partial charge in [0.1, 0.15) is 0 Å². The summed E-state index contributed by atoms with van der Waals surface area (Å²) in [5.74, 6) is -2.19. The number of amides is 2. The van der Waals surface area contributed by atoms with Crippen LogP contribution in [0.5, 0.6) is 0 Å². The monoisotopic (exact) mass is 274 g/mol. The summed E-state index contributed by atoms with van der Waals surface area (Å²) in [6, 6.07) is 2.58. The number of rotatable bonds is 3.